The molecule has 0 N–H and O–H groups in total. The fourth-order valence-electron chi connectivity index (χ4n) is 2.37. The molecule has 1 aliphatic heterocycles. The molecule has 13 heavy (non-hydrogen) atoms. The Bertz CT molecular complexity index is 274. The Morgan fingerprint density at radius 2 is 1.69 bits per heavy atom. The summed E-state index contributed by atoms with van der Waals surface area (Å²) in [6, 6.07) is 5.94. The lowest BCUT2D eigenvalue weighted by Gasteiger charge is -2.15. The van der Waals surface area contributed by atoms with Gasteiger partial charge in [0.1, 0.15) is 0 Å². The van der Waals surface area contributed by atoms with Gasteiger partial charge in [-0.25, -0.2) is 0 Å². The molecule has 1 aromatic rings. The first-order valence-corrected chi connectivity index (χ1v) is 5.30. The van der Waals surface area contributed by atoms with E-state index in [1.165, 1.54) is 32.4 Å². The van der Waals surface area contributed by atoms with Crippen molar-refractivity contribution in [3.05, 3.63) is 24.5 Å². The highest BCUT2D eigenvalue weighted by atomic mass is 15.2. The Morgan fingerprint density at radius 3 is 2.38 bits per heavy atom. The molecule has 3 rings (SSSR count). The van der Waals surface area contributed by atoms with Crippen LogP contribution in [0.1, 0.15) is 25.3 Å². The van der Waals surface area contributed by atoms with E-state index in [1.807, 2.05) is 0 Å². The van der Waals surface area contributed by atoms with Crippen molar-refractivity contribution in [2.45, 2.75) is 31.3 Å². The predicted octanol–water partition coefficient (Wildman–Crippen LogP) is 1.90. The second-order valence-corrected chi connectivity index (χ2v) is 4.30. The second kappa shape index (κ2) is 2.88. The third kappa shape index (κ3) is 1.39. The van der Waals surface area contributed by atoms with E-state index in [2.05, 4.69) is 34.0 Å². The van der Waals surface area contributed by atoms with Crippen molar-refractivity contribution in [3.8, 4) is 0 Å². The summed E-state index contributed by atoms with van der Waals surface area (Å²) in [7, 11) is 0. The quantitative estimate of drug-likeness (QED) is 0.668. The lowest BCUT2D eigenvalue weighted by molar-refractivity contribution is 0.314. The molecule has 1 aliphatic carbocycles. The van der Waals surface area contributed by atoms with Crippen LogP contribution in [0.4, 0.5) is 0 Å². The molecule has 1 saturated carbocycles. The van der Waals surface area contributed by atoms with E-state index < -0.39 is 0 Å². The van der Waals surface area contributed by atoms with Gasteiger partial charge in [-0.15, -0.1) is 0 Å². The number of nitrogens with zero attached hydrogens (tertiary/aromatic N) is 2. The van der Waals surface area contributed by atoms with Gasteiger partial charge in [-0.1, -0.05) is 0 Å². The number of hydrogen-bond donors (Lipinski definition) is 0. The average molecular weight is 176 g/mol. The summed E-state index contributed by atoms with van der Waals surface area (Å²) in [5.41, 5.74) is 0. The van der Waals surface area contributed by atoms with Gasteiger partial charge in [-0.05, 0) is 31.4 Å². The highest BCUT2D eigenvalue weighted by Crippen LogP contribution is 2.33. The largest absolute Gasteiger partial charge is 0.350 e. The topological polar surface area (TPSA) is 8.17 Å². The van der Waals surface area contributed by atoms with Crippen LogP contribution in [-0.2, 0) is 0 Å². The van der Waals surface area contributed by atoms with Gasteiger partial charge in [0, 0.05) is 37.6 Å². The van der Waals surface area contributed by atoms with E-state index in [0.717, 1.165) is 12.1 Å². The number of rotatable bonds is 2. The van der Waals surface area contributed by atoms with Gasteiger partial charge < -0.3 is 4.57 Å². The van der Waals surface area contributed by atoms with Crippen LogP contribution in [0.5, 0.6) is 0 Å². The maximum absolute atomic E-state index is 2.66. The van der Waals surface area contributed by atoms with Crippen LogP contribution < -0.4 is 0 Å². The van der Waals surface area contributed by atoms with Gasteiger partial charge in [0.05, 0.1) is 0 Å². The number of hydrogen-bond acceptors (Lipinski definition) is 1. The zero-order chi connectivity index (χ0) is 8.67. The molecule has 1 saturated heterocycles. The fourth-order valence-corrected chi connectivity index (χ4v) is 2.37. The van der Waals surface area contributed by atoms with Crippen LogP contribution in [0.15, 0.2) is 24.5 Å². The minimum atomic E-state index is 0.746. The van der Waals surface area contributed by atoms with Crippen molar-refractivity contribution in [1.29, 1.82) is 0 Å². The van der Waals surface area contributed by atoms with Gasteiger partial charge >= 0.3 is 0 Å². The van der Waals surface area contributed by atoms with Gasteiger partial charge in [-0.2, -0.15) is 0 Å². The van der Waals surface area contributed by atoms with Crippen molar-refractivity contribution in [3.63, 3.8) is 0 Å². The van der Waals surface area contributed by atoms with Crippen LogP contribution in [0, 0.1) is 0 Å². The summed E-state index contributed by atoms with van der Waals surface area (Å²) >= 11 is 0. The molecule has 2 heterocycles. The van der Waals surface area contributed by atoms with Crippen LogP contribution in [0.3, 0.4) is 0 Å². The molecule has 2 aliphatic rings. The zero-order valence-corrected chi connectivity index (χ0v) is 7.89. The first-order valence-electron chi connectivity index (χ1n) is 5.30. The average Bonchev–Trinajstić information content (AvgIpc) is 2.72. The highest BCUT2D eigenvalue weighted by molar-refractivity contribution is 4.97. The molecule has 1 unspecified atom stereocenters. The summed E-state index contributed by atoms with van der Waals surface area (Å²) < 4.78 is 2.36. The molecule has 2 nitrogen and oxygen atoms in total. The van der Waals surface area contributed by atoms with E-state index >= 15 is 0 Å². The molecule has 0 spiro atoms. The number of aromatic nitrogens is 1. The Balaban J connectivity index is 1.68. The summed E-state index contributed by atoms with van der Waals surface area (Å²) in [4.78, 5) is 2.66. The normalized spacial score (nSPS) is 29.7. The first-order chi connectivity index (χ1) is 6.43. The standard InChI is InChI=1S/C11H16N2/c1-2-7-12(6-1)11-5-8-13(9-11)10-3-4-10/h1-2,6-7,10-11H,3-5,8-9H2. The Kier molecular flexibility index (Phi) is 1.69. The molecule has 0 amide bonds. The van der Waals surface area contributed by atoms with E-state index in [-0.39, 0.29) is 0 Å². The number of likely N-dealkylation sites (tertiary alicyclic amines) is 1. The molecule has 0 bridgehead atoms. The lowest BCUT2D eigenvalue weighted by Crippen LogP contribution is -2.23. The summed E-state index contributed by atoms with van der Waals surface area (Å²) in [5.74, 6) is 0. The van der Waals surface area contributed by atoms with Crippen LogP contribution in [-0.4, -0.2) is 28.6 Å². The molecule has 1 atom stereocenters. The van der Waals surface area contributed by atoms with Gasteiger partial charge in [0.2, 0.25) is 0 Å². The molecule has 0 aromatic carbocycles. The van der Waals surface area contributed by atoms with Crippen molar-refractivity contribution in [1.82, 2.24) is 9.47 Å². The van der Waals surface area contributed by atoms with Crippen LogP contribution in [0.25, 0.3) is 0 Å². The van der Waals surface area contributed by atoms with Gasteiger partial charge in [-0.3, -0.25) is 4.90 Å². The van der Waals surface area contributed by atoms with Crippen molar-refractivity contribution in [2.24, 2.45) is 0 Å². The molecule has 2 heteroatoms. The maximum atomic E-state index is 2.66. The van der Waals surface area contributed by atoms with Crippen LogP contribution >= 0.6 is 0 Å². The summed E-state index contributed by atoms with van der Waals surface area (Å²) in [5, 5.41) is 0. The smallest absolute Gasteiger partial charge is 0.0470 e. The highest BCUT2D eigenvalue weighted by Gasteiger charge is 2.34. The van der Waals surface area contributed by atoms with E-state index in [4.69, 9.17) is 0 Å². The van der Waals surface area contributed by atoms with Crippen LogP contribution in [0.2, 0.25) is 0 Å². The van der Waals surface area contributed by atoms with Gasteiger partial charge in [0.15, 0.2) is 0 Å². The first kappa shape index (κ1) is 7.63. The van der Waals surface area contributed by atoms with E-state index in [9.17, 15) is 0 Å². The van der Waals surface area contributed by atoms with Crippen molar-refractivity contribution < 1.29 is 0 Å². The SMILES string of the molecule is c1ccn(C2CCN(C3CC3)C2)c1. The minimum Gasteiger partial charge on any atom is -0.350 e. The Labute approximate surface area is 79.2 Å². The molecule has 1 aromatic heterocycles. The third-order valence-electron chi connectivity index (χ3n) is 3.31. The minimum absolute atomic E-state index is 0.746. The summed E-state index contributed by atoms with van der Waals surface area (Å²) in [6.45, 7) is 2.59. The fraction of sp³-hybridized carbons (Fsp3) is 0.636. The molecule has 70 valence electrons. The lowest BCUT2D eigenvalue weighted by atomic mass is 10.3. The van der Waals surface area contributed by atoms with Crippen molar-refractivity contribution >= 4 is 0 Å². The second-order valence-electron chi connectivity index (χ2n) is 4.30. The van der Waals surface area contributed by atoms with E-state index in [0.29, 0.717) is 0 Å². The monoisotopic (exact) mass is 176 g/mol. The molecule has 0 radical (unpaired) electrons. The Morgan fingerprint density at radius 1 is 0.923 bits per heavy atom. The van der Waals surface area contributed by atoms with E-state index in [1.54, 1.807) is 0 Å². The Hall–Kier alpha value is -0.760. The molecular formula is C11H16N2. The molecule has 2 fully saturated rings. The molecular weight excluding hydrogens is 160 g/mol. The van der Waals surface area contributed by atoms with Crippen molar-refractivity contribution in [2.75, 3.05) is 13.1 Å². The maximum Gasteiger partial charge on any atom is 0.0470 e. The predicted molar refractivity (Wildman–Crippen MR) is 52.7 cm³/mol. The zero-order valence-electron chi connectivity index (χ0n) is 7.89. The van der Waals surface area contributed by atoms with Gasteiger partial charge in [0.25, 0.3) is 0 Å². The summed E-state index contributed by atoms with van der Waals surface area (Å²) in [6.07, 6.45) is 8.62. The third-order valence-corrected chi connectivity index (χ3v) is 3.31.